The monoisotopic (exact) mass is 173 g/mol. The third-order valence-electron chi connectivity index (χ3n) is 1.67. The summed E-state index contributed by atoms with van der Waals surface area (Å²) < 4.78 is 0. The zero-order chi connectivity index (χ0) is 9.68. The van der Waals surface area contributed by atoms with Crippen LogP contribution < -0.4 is 11.5 Å². The third-order valence-corrected chi connectivity index (χ3v) is 1.67. The van der Waals surface area contributed by atoms with Crippen LogP contribution in [0.1, 0.15) is 11.1 Å². The molecule has 1 rings (SSSR count). The van der Waals surface area contributed by atoms with Crippen molar-refractivity contribution in [1.29, 1.82) is 5.26 Å². The lowest BCUT2D eigenvalue weighted by molar-refractivity contribution is 1.26. The molecule has 0 amide bonds. The first kappa shape index (κ1) is 9.30. The highest BCUT2D eigenvalue weighted by molar-refractivity contribution is 5.67. The van der Waals surface area contributed by atoms with E-state index in [2.05, 4.69) is 6.07 Å². The molecule has 0 bridgehead atoms. The normalized spacial score (nSPS) is 10.2. The van der Waals surface area contributed by atoms with Gasteiger partial charge in [-0.05, 0) is 11.6 Å². The number of benzene rings is 1. The molecule has 0 aliphatic carbocycles. The van der Waals surface area contributed by atoms with Gasteiger partial charge in [-0.25, -0.2) is 0 Å². The van der Waals surface area contributed by atoms with E-state index in [0.717, 1.165) is 5.56 Å². The summed E-state index contributed by atoms with van der Waals surface area (Å²) in [6.45, 7) is 0.458. The predicted molar refractivity (Wildman–Crippen MR) is 53.7 cm³/mol. The van der Waals surface area contributed by atoms with Gasteiger partial charge in [0.25, 0.3) is 0 Å². The molecule has 13 heavy (non-hydrogen) atoms. The van der Waals surface area contributed by atoms with Crippen LogP contribution in [0.3, 0.4) is 0 Å². The largest absolute Gasteiger partial charge is 0.398 e. The van der Waals surface area contributed by atoms with Crippen LogP contribution in [-0.2, 0) is 0 Å². The van der Waals surface area contributed by atoms with E-state index in [1.54, 1.807) is 18.2 Å². The number of nitriles is 1. The van der Waals surface area contributed by atoms with Crippen molar-refractivity contribution in [2.45, 2.75) is 0 Å². The summed E-state index contributed by atoms with van der Waals surface area (Å²) in [6.07, 6.45) is 3.59. The number of rotatable bonds is 2. The van der Waals surface area contributed by atoms with Crippen molar-refractivity contribution < 1.29 is 0 Å². The maximum absolute atomic E-state index is 8.80. The van der Waals surface area contributed by atoms with Crippen LogP contribution in [-0.4, -0.2) is 6.54 Å². The van der Waals surface area contributed by atoms with Crippen LogP contribution in [0, 0.1) is 11.3 Å². The van der Waals surface area contributed by atoms with Crippen LogP contribution >= 0.6 is 0 Å². The molecule has 4 N–H and O–H groups in total. The number of nitrogens with two attached hydrogens (primary N) is 2. The predicted octanol–water partition coefficient (Wildman–Crippen LogP) is 1.11. The molecule has 0 saturated carbocycles. The van der Waals surface area contributed by atoms with Gasteiger partial charge in [-0.2, -0.15) is 5.26 Å². The molecule has 3 nitrogen and oxygen atoms in total. The Kier molecular flexibility index (Phi) is 3.07. The summed E-state index contributed by atoms with van der Waals surface area (Å²) >= 11 is 0. The van der Waals surface area contributed by atoms with E-state index in [1.165, 1.54) is 0 Å². The Bertz CT molecular complexity index is 361. The zero-order valence-electron chi connectivity index (χ0n) is 7.20. The molecule has 0 aromatic heterocycles. The second kappa shape index (κ2) is 4.29. The minimum atomic E-state index is 0.458. The molecule has 0 heterocycles. The van der Waals surface area contributed by atoms with Crippen molar-refractivity contribution in [1.82, 2.24) is 0 Å². The standard InChI is InChI=1S/C10H11N3/c11-6-2-4-8-3-1-5-10(13)9(8)7-12/h1-5H,6,11,13H2. The van der Waals surface area contributed by atoms with E-state index in [-0.39, 0.29) is 0 Å². The Labute approximate surface area is 77.3 Å². The van der Waals surface area contributed by atoms with E-state index in [1.807, 2.05) is 12.1 Å². The Hall–Kier alpha value is -1.79. The van der Waals surface area contributed by atoms with Gasteiger partial charge in [-0.3, -0.25) is 0 Å². The molecular formula is C10H11N3. The molecule has 0 fully saturated rings. The number of hydrogen-bond acceptors (Lipinski definition) is 3. The van der Waals surface area contributed by atoms with Crippen molar-refractivity contribution in [2.75, 3.05) is 12.3 Å². The Morgan fingerprint density at radius 1 is 1.46 bits per heavy atom. The minimum absolute atomic E-state index is 0.458. The number of nitrogens with zero attached hydrogens (tertiary/aromatic N) is 1. The van der Waals surface area contributed by atoms with Gasteiger partial charge in [0.2, 0.25) is 0 Å². The molecule has 1 aromatic rings. The van der Waals surface area contributed by atoms with Gasteiger partial charge < -0.3 is 11.5 Å². The van der Waals surface area contributed by atoms with Gasteiger partial charge in [-0.1, -0.05) is 24.3 Å². The molecule has 0 spiro atoms. The van der Waals surface area contributed by atoms with Crippen LogP contribution in [0.25, 0.3) is 6.08 Å². The van der Waals surface area contributed by atoms with Crippen molar-refractivity contribution in [3.63, 3.8) is 0 Å². The minimum Gasteiger partial charge on any atom is -0.398 e. The fourth-order valence-electron chi connectivity index (χ4n) is 1.05. The maximum atomic E-state index is 8.80. The fraction of sp³-hybridized carbons (Fsp3) is 0.100. The lowest BCUT2D eigenvalue weighted by Crippen LogP contribution is -1.94. The van der Waals surface area contributed by atoms with Gasteiger partial charge in [0.1, 0.15) is 6.07 Å². The number of anilines is 1. The lowest BCUT2D eigenvalue weighted by atomic mass is 10.1. The van der Waals surface area contributed by atoms with Crippen LogP contribution in [0.4, 0.5) is 5.69 Å². The summed E-state index contributed by atoms with van der Waals surface area (Å²) in [5.41, 5.74) is 12.7. The molecule has 0 radical (unpaired) electrons. The van der Waals surface area contributed by atoms with Crippen molar-refractivity contribution in [3.05, 3.63) is 35.4 Å². The molecule has 0 aliphatic heterocycles. The highest BCUT2D eigenvalue weighted by atomic mass is 14.6. The van der Waals surface area contributed by atoms with Gasteiger partial charge in [0.05, 0.1) is 11.3 Å². The van der Waals surface area contributed by atoms with E-state index < -0.39 is 0 Å². The summed E-state index contributed by atoms with van der Waals surface area (Å²) in [6, 6.07) is 7.41. The molecule has 0 aliphatic rings. The Balaban J connectivity index is 3.15. The van der Waals surface area contributed by atoms with Crippen LogP contribution in [0.2, 0.25) is 0 Å². The first-order valence-corrected chi connectivity index (χ1v) is 3.94. The van der Waals surface area contributed by atoms with E-state index >= 15 is 0 Å². The first-order valence-electron chi connectivity index (χ1n) is 3.94. The Morgan fingerprint density at radius 2 is 2.23 bits per heavy atom. The van der Waals surface area contributed by atoms with Gasteiger partial charge in [-0.15, -0.1) is 0 Å². The van der Waals surface area contributed by atoms with E-state index in [4.69, 9.17) is 16.7 Å². The van der Waals surface area contributed by atoms with Crippen molar-refractivity contribution >= 4 is 11.8 Å². The van der Waals surface area contributed by atoms with Gasteiger partial charge in [0, 0.05) is 6.54 Å². The topological polar surface area (TPSA) is 75.8 Å². The highest BCUT2D eigenvalue weighted by Gasteiger charge is 2.00. The molecular weight excluding hydrogens is 162 g/mol. The molecule has 0 saturated heterocycles. The average molecular weight is 173 g/mol. The maximum Gasteiger partial charge on any atom is 0.102 e. The number of nitrogen functional groups attached to an aromatic ring is 1. The van der Waals surface area contributed by atoms with Gasteiger partial charge in [0.15, 0.2) is 0 Å². The quantitative estimate of drug-likeness (QED) is 0.658. The number of hydrogen-bond donors (Lipinski definition) is 2. The summed E-state index contributed by atoms with van der Waals surface area (Å²) in [5.74, 6) is 0. The van der Waals surface area contributed by atoms with Crippen LogP contribution in [0.15, 0.2) is 24.3 Å². The van der Waals surface area contributed by atoms with Crippen molar-refractivity contribution in [2.24, 2.45) is 5.73 Å². The summed E-state index contributed by atoms with van der Waals surface area (Å²) in [4.78, 5) is 0. The molecule has 3 heteroatoms. The lowest BCUT2D eigenvalue weighted by Gasteiger charge is -2.00. The molecule has 66 valence electrons. The highest BCUT2D eigenvalue weighted by Crippen LogP contribution is 2.16. The summed E-state index contributed by atoms with van der Waals surface area (Å²) in [7, 11) is 0. The van der Waals surface area contributed by atoms with Crippen molar-refractivity contribution in [3.8, 4) is 6.07 Å². The second-order valence-electron chi connectivity index (χ2n) is 2.56. The summed E-state index contributed by atoms with van der Waals surface area (Å²) in [5, 5.41) is 8.80. The SMILES string of the molecule is N#Cc1c(N)cccc1C=CCN. The average Bonchev–Trinajstić information content (AvgIpc) is 2.15. The molecule has 1 aromatic carbocycles. The van der Waals surface area contributed by atoms with E-state index in [9.17, 15) is 0 Å². The molecule has 0 atom stereocenters. The zero-order valence-corrected chi connectivity index (χ0v) is 7.20. The molecule has 0 unspecified atom stereocenters. The van der Waals surface area contributed by atoms with Crippen LogP contribution in [0.5, 0.6) is 0 Å². The van der Waals surface area contributed by atoms with E-state index in [0.29, 0.717) is 17.8 Å². The Morgan fingerprint density at radius 3 is 2.85 bits per heavy atom. The smallest absolute Gasteiger partial charge is 0.102 e. The third kappa shape index (κ3) is 2.08. The first-order chi connectivity index (χ1) is 6.29. The second-order valence-corrected chi connectivity index (χ2v) is 2.56. The van der Waals surface area contributed by atoms with Gasteiger partial charge >= 0.3 is 0 Å². The fourth-order valence-corrected chi connectivity index (χ4v) is 1.05.